The van der Waals surface area contributed by atoms with Crippen molar-refractivity contribution in [2.45, 2.75) is 26.1 Å². The maximum Gasteiger partial charge on any atom is 0.145 e. The summed E-state index contributed by atoms with van der Waals surface area (Å²) in [5.41, 5.74) is 2.04. The van der Waals surface area contributed by atoms with E-state index in [1.165, 1.54) is 6.20 Å². The fourth-order valence-electron chi connectivity index (χ4n) is 2.40. The first-order valence-electron chi connectivity index (χ1n) is 6.89. The van der Waals surface area contributed by atoms with Crippen molar-refractivity contribution in [1.82, 2.24) is 0 Å². The highest BCUT2D eigenvalue weighted by molar-refractivity contribution is 5.57. The van der Waals surface area contributed by atoms with E-state index in [2.05, 4.69) is 24.1 Å². The molecule has 21 heavy (non-hydrogen) atoms. The maximum absolute atomic E-state index is 8.67. The third-order valence-corrected chi connectivity index (χ3v) is 3.28. The van der Waals surface area contributed by atoms with Crippen molar-refractivity contribution in [3.05, 3.63) is 36.0 Å². The molecule has 1 aromatic rings. The summed E-state index contributed by atoms with van der Waals surface area (Å²) in [6.07, 6.45) is 1.86. The molecule has 2 unspecified atom stereocenters. The van der Waals surface area contributed by atoms with Crippen molar-refractivity contribution < 1.29 is 4.74 Å². The predicted octanol–water partition coefficient (Wildman–Crippen LogP) is 2.64. The van der Waals surface area contributed by atoms with Crippen molar-refractivity contribution in [3.63, 3.8) is 0 Å². The largest absolute Gasteiger partial charge is 0.372 e. The monoisotopic (exact) mass is 282 g/mol. The van der Waals surface area contributed by atoms with E-state index in [1.807, 2.05) is 36.4 Å². The van der Waals surface area contributed by atoms with Gasteiger partial charge in [-0.25, -0.2) is 0 Å². The molecule has 108 valence electrons. The summed E-state index contributed by atoms with van der Waals surface area (Å²) in [7, 11) is 0. The number of hydrogen-bond acceptors (Lipinski definition) is 5. The molecular weight excluding hydrogens is 264 g/mol. The number of hydrogen-bond donors (Lipinski definition) is 1. The van der Waals surface area contributed by atoms with Crippen molar-refractivity contribution in [2.75, 3.05) is 23.3 Å². The number of anilines is 2. The Kier molecular flexibility index (Phi) is 4.81. The minimum Gasteiger partial charge on any atom is -0.372 e. The Bertz CT molecular complexity index is 568. The Balaban J connectivity index is 2.04. The Hall–Kier alpha value is -2.50. The Morgan fingerprint density at radius 1 is 1.19 bits per heavy atom. The molecule has 2 rings (SSSR count). The number of benzene rings is 1. The van der Waals surface area contributed by atoms with Gasteiger partial charge in [-0.15, -0.1) is 0 Å². The smallest absolute Gasteiger partial charge is 0.145 e. The third-order valence-electron chi connectivity index (χ3n) is 3.28. The zero-order valence-corrected chi connectivity index (χ0v) is 12.2. The average molecular weight is 282 g/mol. The first-order chi connectivity index (χ1) is 10.1. The van der Waals surface area contributed by atoms with Gasteiger partial charge in [0.15, 0.2) is 0 Å². The minimum absolute atomic E-state index is 0.0508. The van der Waals surface area contributed by atoms with Crippen molar-refractivity contribution in [2.24, 2.45) is 0 Å². The second kappa shape index (κ2) is 6.78. The molecule has 0 saturated carbocycles. The average Bonchev–Trinajstić information content (AvgIpc) is 2.48. The van der Waals surface area contributed by atoms with Crippen LogP contribution in [0.1, 0.15) is 13.8 Å². The van der Waals surface area contributed by atoms with E-state index in [-0.39, 0.29) is 17.8 Å². The molecule has 1 saturated heterocycles. The van der Waals surface area contributed by atoms with Gasteiger partial charge in [-0.3, -0.25) is 0 Å². The topological polar surface area (TPSA) is 72.1 Å². The number of ether oxygens (including phenoxy) is 1. The molecule has 1 N–H and O–H groups in total. The lowest BCUT2D eigenvalue weighted by Gasteiger charge is -2.36. The first-order valence-corrected chi connectivity index (χ1v) is 6.89. The third kappa shape index (κ3) is 3.98. The number of allylic oxidation sites excluding steroid dienone is 1. The zero-order valence-electron chi connectivity index (χ0n) is 12.2. The molecule has 2 atom stereocenters. The second-order valence-electron chi connectivity index (χ2n) is 5.14. The van der Waals surface area contributed by atoms with E-state index in [9.17, 15) is 0 Å². The first kappa shape index (κ1) is 14.9. The summed E-state index contributed by atoms with van der Waals surface area (Å²) >= 11 is 0. The van der Waals surface area contributed by atoms with Crippen LogP contribution >= 0.6 is 0 Å². The summed E-state index contributed by atoms with van der Waals surface area (Å²) in [5.74, 6) is 0. The number of nitrogens with one attached hydrogen (secondary N) is 1. The Morgan fingerprint density at radius 3 is 2.29 bits per heavy atom. The molecule has 1 fully saturated rings. The zero-order chi connectivity index (χ0) is 15.2. The number of nitrogens with zero attached hydrogens (tertiary/aromatic N) is 3. The van der Waals surface area contributed by atoms with E-state index in [4.69, 9.17) is 15.3 Å². The molecule has 1 aliphatic rings. The molecule has 0 radical (unpaired) electrons. The molecule has 1 aromatic carbocycles. The van der Waals surface area contributed by atoms with Crippen LogP contribution in [0, 0.1) is 22.7 Å². The second-order valence-corrected chi connectivity index (χ2v) is 5.14. The van der Waals surface area contributed by atoms with Gasteiger partial charge in [0.25, 0.3) is 0 Å². The number of morpholine rings is 1. The number of rotatable bonds is 3. The van der Waals surface area contributed by atoms with E-state index >= 15 is 0 Å². The SMILES string of the molecule is CC1CN(c2ccc(NC=C(C#N)C#N)cc2)CC(C)O1. The molecule has 0 aromatic heterocycles. The van der Waals surface area contributed by atoms with Gasteiger partial charge >= 0.3 is 0 Å². The molecule has 0 bridgehead atoms. The lowest BCUT2D eigenvalue weighted by atomic mass is 10.2. The summed E-state index contributed by atoms with van der Waals surface area (Å²) in [5, 5.41) is 20.3. The van der Waals surface area contributed by atoms with Crippen LogP contribution in [0.5, 0.6) is 0 Å². The minimum atomic E-state index is 0.0508. The molecular formula is C16H18N4O. The highest BCUT2D eigenvalue weighted by Gasteiger charge is 2.22. The Labute approximate surface area is 125 Å². The van der Waals surface area contributed by atoms with Crippen LogP contribution in [0.2, 0.25) is 0 Å². The van der Waals surface area contributed by atoms with Crippen LogP contribution in [-0.4, -0.2) is 25.3 Å². The van der Waals surface area contributed by atoms with Crippen molar-refractivity contribution >= 4 is 11.4 Å². The van der Waals surface area contributed by atoms with E-state index < -0.39 is 0 Å². The fraction of sp³-hybridized carbons (Fsp3) is 0.375. The van der Waals surface area contributed by atoms with Gasteiger partial charge in [-0.1, -0.05) is 0 Å². The van der Waals surface area contributed by atoms with E-state index in [0.29, 0.717) is 0 Å². The van der Waals surface area contributed by atoms with Crippen LogP contribution in [-0.2, 0) is 4.74 Å². The molecule has 5 heteroatoms. The highest BCUT2D eigenvalue weighted by atomic mass is 16.5. The van der Waals surface area contributed by atoms with Gasteiger partial charge < -0.3 is 15.0 Å². The molecule has 5 nitrogen and oxygen atoms in total. The van der Waals surface area contributed by atoms with Crippen LogP contribution in [0.15, 0.2) is 36.0 Å². The predicted molar refractivity (Wildman–Crippen MR) is 81.6 cm³/mol. The van der Waals surface area contributed by atoms with Gasteiger partial charge in [0.05, 0.1) is 12.2 Å². The van der Waals surface area contributed by atoms with Gasteiger partial charge in [-0.05, 0) is 38.1 Å². The van der Waals surface area contributed by atoms with Crippen LogP contribution in [0.3, 0.4) is 0 Å². The molecule has 0 amide bonds. The summed E-state index contributed by atoms with van der Waals surface area (Å²) in [4.78, 5) is 2.30. The lowest BCUT2D eigenvalue weighted by Crippen LogP contribution is -2.45. The normalized spacial score (nSPS) is 21.0. The molecule has 0 aliphatic carbocycles. The summed E-state index contributed by atoms with van der Waals surface area (Å²) in [6, 6.07) is 11.5. The van der Waals surface area contributed by atoms with E-state index in [0.717, 1.165) is 24.5 Å². The lowest BCUT2D eigenvalue weighted by molar-refractivity contribution is -0.00521. The van der Waals surface area contributed by atoms with Crippen LogP contribution in [0.25, 0.3) is 0 Å². The highest BCUT2D eigenvalue weighted by Crippen LogP contribution is 2.22. The maximum atomic E-state index is 8.67. The Morgan fingerprint density at radius 2 is 1.76 bits per heavy atom. The van der Waals surface area contributed by atoms with Gasteiger partial charge in [-0.2, -0.15) is 10.5 Å². The van der Waals surface area contributed by atoms with Gasteiger partial charge in [0, 0.05) is 30.7 Å². The van der Waals surface area contributed by atoms with Crippen LogP contribution < -0.4 is 10.2 Å². The van der Waals surface area contributed by atoms with Crippen molar-refractivity contribution in [3.8, 4) is 12.1 Å². The standard InChI is InChI=1S/C16H18N4O/c1-12-10-20(11-13(2)21-12)16-5-3-15(4-6-16)19-9-14(7-17)8-18/h3-6,9,12-13,19H,10-11H2,1-2H3. The van der Waals surface area contributed by atoms with E-state index in [1.54, 1.807) is 0 Å². The molecule has 1 aliphatic heterocycles. The van der Waals surface area contributed by atoms with Crippen LogP contribution in [0.4, 0.5) is 11.4 Å². The molecule has 1 heterocycles. The number of nitriles is 2. The molecule has 0 spiro atoms. The summed E-state index contributed by atoms with van der Waals surface area (Å²) < 4.78 is 5.73. The van der Waals surface area contributed by atoms with Gasteiger partial charge in [0.1, 0.15) is 17.7 Å². The quantitative estimate of drug-likeness (QED) is 0.863. The summed E-state index contributed by atoms with van der Waals surface area (Å²) in [6.45, 7) is 5.91. The van der Waals surface area contributed by atoms with Crippen molar-refractivity contribution in [1.29, 1.82) is 10.5 Å². The van der Waals surface area contributed by atoms with Gasteiger partial charge in [0.2, 0.25) is 0 Å². The fourth-order valence-corrected chi connectivity index (χ4v) is 2.40.